The average molecular weight is 460 g/mol. The van der Waals surface area contributed by atoms with Crippen LogP contribution < -0.4 is 10.2 Å². The van der Waals surface area contributed by atoms with E-state index in [0.29, 0.717) is 38.0 Å². The molecule has 32 heavy (non-hydrogen) atoms. The summed E-state index contributed by atoms with van der Waals surface area (Å²) in [5, 5.41) is 3.03. The Balaban J connectivity index is 1.18. The lowest BCUT2D eigenvalue weighted by molar-refractivity contribution is -0.126. The van der Waals surface area contributed by atoms with E-state index in [0.717, 1.165) is 25.9 Å². The molecule has 8 heteroatoms. The molecule has 1 fully saturated rings. The number of fused-ring (bicyclic) bond motifs is 1. The first-order valence-electron chi connectivity index (χ1n) is 11.3. The zero-order chi connectivity index (χ0) is 22.6. The number of benzene rings is 2. The number of nitrogens with one attached hydrogen (secondary N) is 1. The van der Waals surface area contributed by atoms with Gasteiger partial charge in [0, 0.05) is 44.3 Å². The SMILES string of the molecule is O=C(NCCCN1CCc2ccccc21)C1CCN(S(=O)(=O)Cc2ccc(F)cc2)CC1. The van der Waals surface area contributed by atoms with Gasteiger partial charge in [0.15, 0.2) is 0 Å². The van der Waals surface area contributed by atoms with Crippen LogP contribution in [0.1, 0.15) is 30.4 Å². The molecule has 0 aromatic heterocycles. The van der Waals surface area contributed by atoms with Crippen LogP contribution in [0.4, 0.5) is 10.1 Å². The van der Waals surface area contributed by atoms with Gasteiger partial charge in [0.05, 0.1) is 5.75 Å². The smallest absolute Gasteiger partial charge is 0.223 e. The fourth-order valence-corrected chi connectivity index (χ4v) is 6.11. The maximum Gasteiger partial charge on any atom is 0.223 e. The molecule has 0 radical (unpaired) electrons. The van der Waals surface area contributed by atoms with Crippen LogP contribution in [-0.2, 0) is 27.0 Å². The lowest BCUT2D eigenvalue weighted by atomic mass is 9.97. The molecule has 172 valence electrons. The highest BCUT2D eigenvalue weighted by atomic mass is 32.2. The molecule has 2 aliphatic heterocycles. The second-order valence-electron chi connectivity index (χ2n) is 8.57. The molecule has 0 aliphatic carbocycles. The molecule has 2 aromatic rings. The van der Waals surface area contributed by atoms with Crippen molar-refractivity contribution >= 4 is 21.6 Å². The third kappa shape index (κ3) is 5.48. The van der Waals surface area contributed by atoms with Crippen LogP contribution in [0, 0.1) is 11.7 Å². The molecule has 0 saturated carbocycles. The van der Waals surface area contributed by atoms with Gasteiger partial charge >= 0.3 is 0 Å². The topological polar surface area (TPSA) is 69.7 Å². The van der Waals surface area contributed by atoms with Crippen LogP contribution in [0.3, 0.4) is 0 Å². The van der Waals surface area contributed by atoms with E-state index in [4.69, 9.17) is 0 Å². The van der Waals surface area contributed by atoms with E-state index in [1.54, 1.807) is 0 Å². The predicted octanol–water partition coefficient (Wildman–Crippen LogP) is 2.94. The molecule has 1 amide bonds. The molecular weight excluding hydrogens is 429 g/mol. The number of carbonyl (C=O) groups is 1. The summed E-state index contributed by atoms with van der Waals surface area (Å²) in [6, 6.07) is 14.0. The molecule has 2 aliphatic rings. The molecule has 1 saturated heterocycles. The molecule has 2 heterocycles. The first-order chi connectivity index (χ1) is 15.4. The molecule has 6 nitrogen and oxygen atoms in total. The number of anilines is 1. The van der Waals surface area contributed by atoms with Crippen LogP contribution in [0.5, 0.6) is 0 Å². The molecule has 0 spiro atoms. The van der Waals surface area contributed by atoms with E-state index in [-0.39, 0.29) is 23.4 Å². The number of carbonyl (C=O) groups excluding carboxylic acids is 1. The normalized spacial score (nSPS) is 17.3. The highest BCUT2D eigenvalue weighted by Crippen LogP contribution is 2.27. The summed E-state index contributed by atoms with van der Waals surface area (Å²) < 4.78 is 39.8. The van der Waals surface area contributed by atoms with Crippen LogP contribution in [0.15, 0.2) is 48.5 Å². The molecule has 0 unspecified atom stereocenters. The Hall–Kier alpha value is -2.45. The third-order valence-corrected chi connectivity index (χ3v) is 8.22. The molecular formula is C24H30FN3O3S. The van der Waals surface area contributed by atoms with Gasteiger partial charge in [-0.25, -0.2) is 17.1 Å². The number of nitrogens with zero attached hydrogens (tertiary/aromatic N) is 2. The quantitative estimate of drug-likeness (QED) is 0.617. The monoisotopic (exact) mass is 459 g/mol. The van der Waals surface area contributed by atoms with Crippen molar-refractivity contribution in [2.75, 3.05) is 37.6 Å². The van der Waals surface area contributed by atoms with Gasteiger partial charge < -0.3 is 10.2 Å². The van der Waals surface area contributed by atoms with Crippen LogP contribution in [0.2, 0.25) is 0 Å². The molecule has 1 N–H and O–H groups in total. The van der Waals surface area contributed by atoms with E-state index in [1.165, 1.54) is 39.8 Å². The first-order valence-corrected chi connectivity index (χ1v) is 12.9. The van der Waals surface area contributed by atoms with E-state index in [1.807, 2.05) is 0 Å². The summed E-state index contributed by atoms with van der Waals surface area (Å²) in [6.45, 7) is 3.24. The minimum absolute atomic E-state index is 0.0161. The van der Waals surface area contributed by atoms with Crippen molar-refractivity contribution in [3.8, 4) is 0 Å². The summed E-state index contributed by atoms with van der Waals surface area (Å²) in [4.78, 5) is 14.9. The van der Waals surface area contributed by atoms with Crippen molar-refractivity contribution in [2.45, 2.75) is 31.4 Å². The number of rotatable bonds is 8. The van der Waals surface area contributed by atoms with Crippen molar-refractivity contribution in [2.24, 2.45) is 5.92 Å². The fourth-order valence-electron chi connectivity index (χ4n) is 4.54. The van der Waals surface area contributed by atoms with E-state index in [9.17, 15) is 17.6 Å². The van der Waals surface area contributed by atoms with Gasteiger partial charge in [0.1, 0.15) is 5.82 Å². The van der Waals surface area contributed by atoms with E-state index >= 15 is 0 Å². The summed E-state index contributed by atoms with van der Waals surface area (Å²) >= 11 is 0. The predicted molar refractivity (Wildman–Crippen MR) is 123 cm³/mol. The Morgan fingerprint density at radius 1 is 1.03 bits per heavy atom. The summed E-state index contributed by atoms with van der Waals surface area (Å²) in [5.41, 5.74) is 3.25. The maximum atomic E-state index is 13.0. The van der Waals surface area contributed by atoms with E-state index < -0.39 is 10.0 Å². The summed E-state index contributed by atoms with van der Waals surface area (Å²) in [6.07, 6.45) is 3.00. The Bertz CT molecular complexity index is 1030. The van der Waals surface area contributed by atoms with Crippen LogP contribution >= 0.6 is 0 Å². The van der Waals surface area contributed by atoms with Gasteiger partial charge in [-0.05, 0) is 55.0 Å². The second kappa shape index (κ2) is 10.0. The first kappa shape index (κ1) is 22.7. The second-order valence-corrected chi connectivity index (χ2v) is 10.5. The molecule has 0 atom stereocenters. The molecule has 4 rings (SSSR count). The van der Waals surface area contributed by atoms with Gasteiger partial charge in [-0.1, -0.05) is 30.3 Å². The number of amides is 1. The van der Waals surface area contributed by atoms with Crippen molar-refractivity contribution in [1.29, 1.82) is 0 Å². The number of hydrogen-bond acceptors (Lipinski definition) is 4. The van der Waals surface area contributed by atoms with Gasteiger partial charge in [0.25, 0.3) is 0 Å². The van der Waals surface area contributed by atoms with Crippen molar-refractivity contribution in [3.05, 3.63) is 65.5 Å². The van der Waals surface area contributed by atoms with E-state index in [2.05, 4.69) is 34.5 Å². The number of halogens is 1. The number of sulfonamides is 1. The summed E-state index contributed by atoms with van der Waals surface area (Å²) in [5.74, 6) is -0.672. The Morgan fingerprint density at radius 2 is 1.75 bits per heavy atom. The average Bonchev–Trinajstić information content (AvgIpc) is 3.21. The molecule has 0 bridgehead atoms. The lowest BCUT2D eigenvalue weighted by Crippen LogP contribution is -2.43. The Labute approximate surface area is 189 Å². The summed E-state index contributed by atoms with van der Waals surface area (Å²) in [7, 11) is -3.48. The zero-order valence-electron chi connectivity index (χ0n) is 18.2. The molecule has 2 aromatic carbocycles. The van der Waals surface area contributed by atoms with Crippen LogP contribution in [-0.4, -0.2) is 51.4 Å². The zero-order valence-corrected chi connectivity index (χ0v) is 19.0. The maximum absolute atomic E-state index is 13.0. The largest absolute Gasteiger partial charge is 0.371 e. The van der Waals surface area contributed by atoms with Crippen molar-refractivity contribution in [1.82, 2.24) is 9.62 Å². The highest BCUT2D eigenvalue weighted by Gasteiger charge is 2.31. The van der Waals surface area contributed by atoms with Gasteiger partial charge in [-0.2, -0.15) is 0 Å². The van der Waals surface area contributed by atoms with Gasteiger partial charge in [-0.15, -0.1) is 0 Å². The van der Waals surface area contributed by atoms with Crippen molar-refractivity contribution in [3.63, 3.8) is 0 Å². The Kier molecular flexibility index (Phi) is 7.10. The van der Waals surface area contributed by atoms with Gasteiger partial charge in [0.2, 0.25) is 15.9 Å². The lowest BCUT2D eigenvalue weighted by Gasteiger charge is -2.30. The van der Waals surface area contributed by atoms with Gasteiger partial charge in [-0.3, -0.25) is 4.79 Å². The standard InChI is InChI=1S/C24H30FN3O3S/c25-22-8-6-19(7-9-22)18-32(30,31)28-16-11-21(12-17-28)24(29)26-13-3-14-27-15-10-20-4-1-2-5-23(20)27/h1-2,4-9,21H,3,10-18H2,(H,26,29). The number of hydrogen-bond donors (Lipinski definition) is 1. The fraction of sp³-hybridized carbons (Fsp3) is 0.458. The van der Waals surface area contributed by atoms with Crippen LogP contribution in [0.25, 0.3) is 0 Å². The minimum atomic E-state index is -3.48. The third-order valence-electron chi connectivity index (χ3n) is 6.37. The number of para-hydroxylation sites is 1. The minimum Gasteiger partial charge on any atom is -0.371 e. The Morgan fingerprint density at radius 3 is 2.50 bits per heavy atom. The van der Waals surface area contributed by atoms with Crippen molar-refractivity contribution < 1.29 is 17.6 Å². The number of piperidine rings is 1. The highest BCUT2D eigenvalue weighted by molar-refractivity contribution is 7.88.